The maximum Gasteiger partial charge on any atom is 0.284 e. The lowest BCUT2D eigenvalue weighted by Crippen LogP contribution is -2.22. The molecule has 5 nitrogen and oxygen atoms in total. The van der Waals surface area contributed by atoms with E-state index in [-0.39, 0.29) is 11.3 Å². The van der Waals surface area contributed by atoms with Crippen LogP contribution in [0.3, 0.4) is 0 Å². The summed E-state index contributed by atoms with van der Waals surface area (Å²) in [6.07, 6.45) is 1.83. The van der Waals surface area contributed by atoms with Gasteiger partial charge in [0.2, 0.25) is 5.13 Å². The molecule has 0 unspecified atom stereocenters. The Labute approximate surface area is 175 Å². The van der Waals surface area contributed by atoms with Crippen LogP contribution in [-0.4, -0.2) is 35.6 Å². The van der Waals surface area contributed by atoms with Crippen molar-refractivity contribution >= 4 is 38.3 Å². The van der Waals surface area contributed by atoms with Crippen molar-refractivity contribution in [2.45, 2.75) is 26.2 Å². The molecule has 0 bridgehead atoms. The smallest absolute Gasteiger partial charge is 0.284 e. The molecule has 1 amide bonds. The molecule has 0 aliphatic carbocycles. The molecule has 2 heterocycles. The van der Waals surface area contributed by atoms with Gasteiger partial charge in [0.1, 0.15) is 5.71 Å². The number of thiazole rings is 1. The number of para-hydroxylation sites is 1. The molecule has 0 atom stereocenters. The maximum atomic E-state index is 13.3. The number of hydrazone groups is 1. The van der Waals surface area contributed by atoms with E-state index in [2.05, 4.69) is 37.9 Å². The number of anilines is 1. The Morgan fingerprint density at radius 2 is 1.83 bits per heavy atom. The summed E-state index contributed by atoms with van der Waals surface area (Å²) in [5.74, 6) is -0.158. The van der Waals surface area contributed by atoms with Gasteiger partial charge in [-0.05, 0) is 29.2 Å². The first-order valence-electron chi connectivity index (χ1n) is 9.52. The molecule has 1 aromatic heterocycles. The van der Waals surface area contributed by atoms with Crippen LogP contribution in [0, 0.1) is 0 Å². The first kappa shape index (κ1) is 19.3. The van der Waals surface area contributed by atoms with Crippen molar-refractivity contribution in [3.05, 3.63) is 71.4 Å². The average Bonchev–Trinajstić information content (AvgIpc) is 3.22. The van der Waals surface area contributed by atoms with Crippen molar-refractivity contribution in [3.8, 4) is 0 Å². The lowest BCUT2D eigenvalue weighted by molar-refractivity contribution is -0.114. The quantitative estimate of drug-likeness (QED) is 0.590. The van der Waals surface area contributed by atoms with E-state index in [1.807, 2.05) is 61.6 Å². The van der Waals surface area contributed by atoms with Crippen molar-refractivity contribution in [2.75, 3.05) is 19.1 Å². The van der Waals surface area contributed by atoms with E-state index in [4.69, 9.17) is 5.10 Å². The van der Waals surface area contributed by atoms with E-state index >= 15 is 0 Å². The van der Waals surface area contributed by atoms with E-state index in [0.717, 1.165) is 15.8 Å². The number of nitrogens with zero attached hydrogens (tertiary/aromatic N) is 4. The molecule has 6 heteroatoms. The van der Waals surface area contributed by atoms with E-state index in [1.54, 1.807) is 0 Å². The van der Waals surface area contributed by atoms with E-state index in [1.165, 1.54) is 21.9 Å². The monoisotopic (exact) mass is 404 g/mol. The molecule has 0 fully saturated rings. The van der Waals surface area contributed by atoms with Crippen LogP contribution in [0.25, 0.3) is 10.2 Å². The summed E-state index contributed by atoms with van der Waals surface area (Å²) in [4.78, 5) is 19.8. The van der Waals surface area contributed by atoms with Gasteiger partial charge in [0.05, 0.1) is 15.8 Å². The fourth-order valence-corrected chi connectivity index (χ4v) is 4.13. The Morgan fingerprint density at radius 3 is 2.52 bits per heavy atom. The zero-order chi connectivity index (χ0) is 20.8. The van der Waals surface area contributed by atoms with Crippen molar-refractivity contribution in [1.29, 1.82) is 0 Å². The molecule has 2 aromatic carbocycles. The van der Waals surface area contributed by atoms with Gasteiger partial charge in [-0.1, -0.05) is 62.4 Å². The number of carbonyl (C=O) groups excluding carboxylic acids is 1. The molecule has 148 valence electrons. The topological polar surface area (TPSA) is 48.8 Å². The Hall–Kier alpha value is -2.99. The predicted molar refractivity (Wildman–Crippen MR) is 121 cm³/mol. The normalized spacial score (nSPS) is 16.0. The van der Waals surface area contributed by atoms with Crippen molar-refractivity contribution in [1.82, 2.24) is 9.88 Å². The largest absolute Gasteiger partial charge is 0.383 e. The number of fused-ring (bicyclic) bond motifs is 1. The number of aromatic nitrogens is 1. The minimum absolute atomic E-state index is 0.0112. The lowest BCUT2D eigenvalue weighted by atomic mass is 9.85. The number of carbonyl (C=O) groups is 1. The number of hydrogen-bond donors (Lipinski definition) is 0. The Morgan fingerprint density at radius 1 is 1.07 bits per heavy atom. The van der Waals surface area contributed by atoms with Crippen molar-refractivity contribution < 1.29 is 4.79 Å². The molecule has 1 aliphatic rings. The summed E-state index contributed by atoms with van der Waals surface area (Å²) >= 11 is 1.47. The Bertz CT molecular complexity index is 1120. The van der Waals surface area contributed by atoms with E-state index < -0.39 is 0 Å². The van der Waals surface area contributed by atoms with Crippen LogP contribution >= 0.6 is 11.3 Å². The molecule has 1 aliphatic heterocycles. The van der Waals surface area contributed by atoms with E-state index in [0.29, 0.717) is 16.4 Å². The predicted octanol–water partition coefficient (Wildman–Crippen LogP) is 4.79. The van der Waals surface area contributed by atoms with Crippen LogP contribution in [0.1, 0.15) is 31.9 Å². The summed E-state index contributed by atoms with van der Waals surface area (Å²) in [6.45, 7) is 6.53. The zero-order valence-electron chi connectivity index (χ0n) is 17.3. The summed E-state index contributed by atoms with van der Waals surface area (Å²) in [5.41, 5.74) is 4.26. The molecule has 0 saturated carbocycles. The molecule has 0 spiro atoms. The third kappa shape index (κ3) is 3.68. The summed E-state index contributed by atoms with van der Waals surface area (Å²) in [5, 5.41) is 6.73. The highest BCUT2D eigenvalue weighted by Crippen LogP contribution is 2.34. The van der Waals surface area contributed by atoms with Gasteiger partial charge < -0.3 is 4.90 Å². The van der Waals surface area contributed by atoms with Crippen LogP contribution in [0.4, 0.5) is 5.13 Å². The molecule has 29 heavy (non-hydrogen) atoms. The highest BCUT2D eigenvalue weighted by atomic mass is 32.1. The first-order chi connectivity index (χ1) is 13.7. The third-order valence-corrected chi connectivity index (χ3v) is 5.74. The first-order valence-corrected chi connectivity index (χ1v) is 10.3. The fourth-order valence-electron chi connectivity index (χ4n) is 3.22. The number of rotatable bonds is 3. The summed E-state index contributed by atoms with van der Waals surface area (Å²) < 4.78 is 1.03. The van der Waals surface area contributed by atoms with Crippen molar-refractivity contribution in [3.63, 3.8) is 0 Å². The van der Waals surface area contributed by atoms with Crippen LogP contribution < -0.4 is 5.01 Å². The third-order valence-electron chi connectivity index (χ3n) is 4.73. The molecular formula is C23H24N4OS. The van der Waals surface area contributed by atoms with Gasteiger partial charge in [0.15, 0.2) is 0 Å². The minimum atomic E-state index is -0.158. The number of benzene rings is 2. The van der Waals surface area contributed by atoms with Gasteiger partial charge in [0, 0.05) is 25.9 Å². The van der Waals surface area contributed by atoms with Crippen LogP contribution in [0.5, 0.6) is 0 Å². The van der Waals surface area contributed by atoms with Gasteiger partial charge in [-0.2, -0.15) is 10.1 Å². The van der Waals surface area contributed by atoms with Gasteiger partial charge in [-0.3, -0.25) is 4.79 Å². The maximum absolute atomic E-state index is 13.3. The average molecular weight is 405 g/mol. The summed E-state index contributed by atoms with van der Waals surface area (Å²) in [6, 6.07) is 16.1. The molecule has 0 saturated heterocycles. The van der Waals surface area contributed by atoms with Crippen LogP contribution in [-0.2, 0) is 10.2 Å². The van der Waals surface area contributed by atoms with Gasteiger partial charge in [0.25, 0.3) is 5.91 Å². The second-order valence-corrected chi connectivity index (χ2v) is 9.38. The second-order valence-electron chi connectivity index (χ2n) is 8.37. The highest BCUT2D eigenvalue weighted by Gasteiger charge is 2.34. The highest BCUT2D eigenvalue weighted by molar-refractivity contribution is 7.22. The standard InChI is InChI=1S/C23H24N4OS/c1-23(2,3)16-10-8-9-15(13-16)20-17(14-26(4)5)21(28)27(25-20)22-24-18-11-6-7-12-19(18)29-22/h6-14H,1-5H3. The molecule has 3 aromatic rings. The van der Waals surface area contributed by atoms with Crippen LogP contribution in [0.15, 0.2) is 65.4 Å². The van der Waals surface area contributed by atoms with Gasteiger partial charge >= 0.3 is 0 Å². The second kappa shape index (κ2) is 7.12. The SMILES string of the molecule is CN(C)C=C1C(=O)N(c2nc3ccccc3s2)N=C1c1cccc(C(C)(C)C)c1. The van der Waals surface area contributed by atoms with Gasteiger partial charge in [-0.15, -0.1) is 0 Å². The molecule has 0 radical (unpaired) electrons. The molecular weight excluding hydrogens is 380 g/mol. The Balaban J connectivity index is 1.83. The molecule has 4 rings (SSSR count). The fraction of sp³-hybridized carbons (Fsp3) is 0.261. The minimum Gasteiger partial charge on any atom is -0.383 e. The lowest BCUT2D eigenvalue weighted by Gasteiger charge is -2.19. The van der Waals surface area contributed by atoms with Crippen molar-refractivity contribution in [2.24, 2.45) is 5.10 Å². The number of amides is 1. The number of hydrogen-bond acceptors (Lipinski definition) is 5. The zero-order valence-corrected chi connectivity index (χ0v) is 18.1. The summed E-state index contributed by atoms with van der Waals surface area (Å²) in [7, 11) is 3.81. The van der Waals surface area contributed by atoms with Gasteiger partial charge in [-0.25, -0.2) is 4.98 Å². The Kier molecular flexibility index (Phi) is 4.74. The van der Waals surface area contributed by atoms with E-state index in [9.17, 15) is 4.79 Å². The van der Waals surface area contributed by atoms with Crippen LogP contribution in [0.2, 0.25) is 0 Å². The molecule has 0 N–H and O–H groups in total.